The predicted molar refractivity (Wildman–Crippen MR) is 152 cm³/mol. The molecule has 38 heavy (non-hydrogen) atoms. The Morgan fingerprint density at radius 3 is 2.74 bits per heavy atom. The number of fused-ring (bicyclic) bond motifs is 1. The minimum absolute atomic E-state index is 0.0405. The minimum atomic E-state index is -0.867. The summed E-state index contributed by atoms with van der Waals surface area (Å²) in [5.74, 6) is 1.09. The maximum Gasteiger partial charge on any atom is 0.303 e. The van der Waals surface area contributed by atoms with Gasteiger partial charge in [0.15, 0.2) is 0 Å². The van der Waals surface area contributed by atoms with Crippen molar-refractivity contribution >= 4 is 27.7 Å². The maximum absolute atomic E-state index is 11.9. The summed E-state index contributed by atoms with van der Waals surface area (Å²) >= 11 is 3.63. The fourth-order valence-corrected chi connectivity index (χ4v) is 5.47. The van der Waals surface area contributed by atoms with E-state index in [1.54, 1.807) is 11.8 Å². The third-order valence-electron chi connectivity index (χ3n) is 6.91. The van der Waals surface area contributed by atoms with Crippen molar-refractivity contribution in [1.82, 2.24) is 14.8 Å². The predicted octanol–water partition coefficient (Wildman–Crippen LogP) is 5.66. The Labute approximate surface area is 232 Å². The van der Waals surface area contributed by atoms with Crippen LogP contribution in [0.15, 0.2) is 34.8 Å². The van der Waals surface area contributed by atoms with Crippen LogP contribution in [0.1, 0.15) is 67.6 Å². The maximum atomic E-state index is 11.9. The van der Waals surface area contributed by atoms with Crippen LogP contribution in [0, 0.1) is 0 Å². The zero-order chi connectivity index (χ0) is 27.4. The third kappa shape index (κ3) is 6.67. The number of rotatable bonds is 10. The molecule has 204 valence electrons. The number of aryl methyl sites for hydroxylation is 2. The van der Waals surface area contributed by atoms with Crippen LogP contribution in [0.25, 0.3) is 0 Å². The summed E-state index contributed by atoms with van der Waals surface area (Å²) in [6.45, 7) is 7.84. The molecular formula is C29H37BrN4O4. The van der Waals surface area contributed by atoms with E-state index in [1.165, 1.54) is 5.56 Å². The molecule has 0 bridgehead atoms. The second-order valence-corrected chi connectivity index (χ2v) is 11.7. The Bertz CT molecular complexity index is 1300. The van der Waals surface area contributed by atoms with Crippen molar-refractivity contribution in [2.24, 2.45) is 7.05 Å². The molecule has 0 spiro atoms. The number of pyridine rings is 1. The van der Waals surface area contributed by atoms with Crippen LogP contribution in [0.4, 0.5) is 5.82 Å². The molecule has 1 unspecified atom stereocenters. The Hall–Kier alpha value is -3.07. The molecule has 8 nitrogen and oxygen atoms in total. The van der Waals surface area contributed by atoms with Crippen molar-refractivity contribution in [2.45, 2.75) is 64.2 Å². The van der Waals surface area contributed by atoms with Gasteiger partial charge < -0.3 is 19.9 Å². The molecule has 1 aliphatic rings. The zero-order valence-corrected chi connectivity index (χ0v) is 24.4. The van der Waals surface area contributed by atoms with Gasteiger partial charge in [-0.15, -0.1) is 0 Å². The fraction of sp³-hybridized carbons (Fsp3) is 0.483. The van der Waals surface area contributed by atoms with E-state index in [1.807, 2.05) is 19.2 Å². The van der Waals surface area contributed by atoms with Gasteiger partial charge in [0.25, 0.3) is 0 Å². The largest absolute Gasteiger partial charge is 0.495 e. The zero-order valence-electron chi connectivity index (χ0n) is 22.8. The van der Waals surface area contributed by atoms with E-state index in [0.29, 0.717) is 31.1 Å². The molecule has 0 saturated heterocycles. The van der Waals surface area contributed by atoms with Gasteiger partial charge in [-0.05, 0) is 69.4 Å². The first-order chi connectivity index (χ1) is 18.0. The number of aromatic nitrogens is 3. The minimum Gasteiger partial charge on any atom is -0.495 e. The summed E-state index contributed by atoms with van der Waals surface area (Å²) in [6.07, 6.45) is 3.29. The molecule has 0 fully saturated rings. The molecule has 3 aromatic rings. The first kappa shape index (κ1) is 28.0. The second kappa shape index (κ2) is 11.8. The molecule has 3 heterocycles. The normalized spacial score (nSPS) is 13.9. The number of hydrogen-bond acceptors (Lipinski definition) is 6. The van der Waals surface area contributed by atoms with Crippen molar-refractivity contribution in [3.63, 3.8) is 0 Å². The van der Waals surface area contributed by atoms with Gasteiger partial charge in [0.2, 0.25) is 5.88 Å². The van der Waals surface area contributed by atoms with Crippen LogP contribution >= 0.6 is 15.9 Å². The fourth-order valence-electron chi connectivity index (χ4n) is 4.83. The molecular weight excluding hydrogens is 548 g/mol. The summed E-state index contributed by atoms with van der Waals surface area (Å²) in [6, 6.07) is 10.2. The van der Waals surface area contributed by atoms with Crippen LogP contribution in [-0.4, -0.2) is 46.1 Å². The molecule has 0 aliphatic carbocycles. The van der Waals surface area contributed by atoms with Crippen molar-refractivity contribution in [3.8, 4) is 11.6 Å². The summed E-state index contributed by atoms with van der Waals surface area (Å²) < 4.78 is 14.3. The number of carbonyl (C=O) groups is 1. The Morgan fingerprint density at radius 2 is 2.03 bits per heavy atom. The number of anilines is 1. The molecule has 4 rings (SSSR count). The van der Waals surface area contributed by atoms with Crippen molar-refractivity contribution in [2.75, 3.05) is 25.6 Å². The van der Waals surface area contributed by atoms with Gasteiger partial charge in [0.1, 0.15) is 11.6 Å². The highest BCUT2D eigenvalue weighted by Crippen LogP contribution is 2.41. The number of ether oxygens (including phenoxy) is 2. The van der Waals surface area contributed by atoms with E-state index in [9.17, 15) is 9.90 Å². The number of carboxylic acids is 1. The van der Waals surface area contributed by atoms with Crippen LogP contribution in [-0.2, 0) is 36.5 Å². The summed E-state index contributed by atoms with van der Waals surface area (Å²) in [7, 11) is 3.45. The Morgan fingerprint density at radius 1 is 1.24 bits per heavy atom. The van der Waals surface area contributed by atoms with Gasteiger partial charge >= 0.3 is 5.97 Å². The smallest absolute Gasteiger partial charge is 0.303 e. The van der Waals surface area contributed by atoms with E-state index in [4.69, 9.17) is 14.5 Å². The van der Waals surface area contributed by atoms with Crippen molar-refractivity contribution in [3.05, 3.63) is 62.9 Å². The van der Waals surface area contributed by atoms with Crippen molar-refractivity contribution < 1.29 is 19.4 Å². The van der Waals surface area contributed by atoms with Crippen molar-refractivity contribution in [1.29, 1.82) is 0 Å². The summed E-state index contributed by atoms with van der Waals surface area (Å²) in [4.78, 5) is 16.6. The van der Waals surface area contributed by atoms with Crippen LogP contribution in [0.5, 0.6) is 11.6 Å². The SMILES string of the molecule is COc1c(Br)cc(C(C)(C)C)cc1C(CC(=O)O)Cc1cc(OCCc2ccc3c(n2)NCCC3)n(C)n1. The third-order valence-corrected chi connectivity index (χ3v) is 7.50. The number of nitrogens with one attached hydrogen (secondary N) is 1. The number of halogens is 1. The van der Waals surface area contributed by atoms with E-state index in [-0.39, 0.29) is 17.8 Å². The molecule has 0 saturated carbocycles. The first-order valence-corrected chi connectivity index (χ1v) is 13.8. The highest BCUT2D eigenvalue weighted by Gasteiger charge is 2.26. The first-order valence-electron chi connectivity index (χ1n) is 13.0. The standard InChI is InChI=1S/C29H37BrN4O4/c1-29(2,3)20-15-23(27(37-5)24(30)16-20)19(14-26(35)36)13-22-17-25(34(4)33-22)38-12-10-21-9-8-18-7-6-11-31-28(18)32-21/h8-9,15-17,19H,6-7,10-14H2,1-5H3,(H,31,32)(H,35,36). The monoisotopic (exact) mass is 584 g/mol. The summed E-state index contributed by atoms with van der Waals surface area (Å²) in [5.41, 5.74) is 4.88. The van der Waals surface area contributed by atoms with Gasteiger partial charge in [0, 0.05) is 37.7 Å². The lowest BCUT2D eigenvalue weighted by atomic mass is 9.82. The number of methoxy groups -OCH3 is 1. The Balaban J connectivity index is 1.50. The number of benzene rings is 1. The molecule has 9 heteroatoms. The average molecular weight is 586 g/mol. The Kier molecular flexibility index (Phi) is 8.65. The highest BCUT2D eigenvalue weighted by molar-refractivity contribution is 9.10. The number of aliphatic carboxylic acids is 1. The molecule has 0 radical (unpaired) electrons. The van der Waals surface area contributed by atoms with E-state index in [0.717, 1.165) is 52.2 Å². The van der Waals surface area contributed by atoms with Gasteiger partial charge in [-0.25, -0.2) is 9.67 Å². The second-order valence-electron chi connectivity index (χ2n) is 10.9. The van der Waals surface area contributed by atoms with Gasteiger partial charge in [-0.2, -0.15) is 5.10 Å². The van der Waals surface area contributed by atoms with Crippen LogP contribution < -0.4 is 14.8 Å². The molecule has 1 aromatic carbocycles. The molecule has 1 atom stereocenters. The van der Waals surface area contributed by atoms with Crippen LogP contribution in [0.2, 0.25) is 0 Å². The van der Waals surface area contributed by atoms with Crippen LogP contribution in [0.3, 0.4) is 0 Å². The van der Waals surface area contributed by atoms with E-state index < -0.39 is 5.97 Å². The lowest BCUT2D eigenvalue weighted by Gasteiger charge is -2.25. The number of carboxylic acid groups (broad SMARTS) is 1. The highest BCUT2D eigenvalue weighted by atomic mass is 79.9. The molecule has 2 aromatic heterocycles. The quantitative estimate of drug-likeness (QED) is 0.317. The van der Waals surface area contributed by atoms with Gasteiger partial charge in [0.05, 0.1) is 30.3 Å². The number of nitrogens with zero attached hydrogens (tertiary/aromatic N) is 3. The van der Waals surface area contributed by atoms with E-state index >= 15 is 0 Å². The number of hydrogen-bond donors (Lipinski definition) is 2. The van der Waals surface area contributed by atoms with E-state index in [2.05, 4.69) is 65.3 Å². The lowest BCUT2D eigenvalue weighted by molar-refractivity contribution is -0.137. The summed E-state index contributed by atoms with van der Waals surface area (Å²) in [5, 5.41) is 17.7. The van der Waals surface area contributed by atoms with Gasteiger partial charge in [-0.3, -0.25) is 4.79 Å². The average Bonchev–Trinajstić information content (AvgIpc) is 3.20. The lowest BCUT2D eigenvalue weighted by Crippen LogP contribution is -2.15. The van der Waals surface area contributed by atoms with Gasteiger partial charge in [-0.1, -0.05) is 32.9 Å². The molecule has 1 aliphatic heterocycles. The molecule has 0 amide bonds. The topological polar surface area (TPSA) is 98.5 Å². The molecule has 2 N–H and O–H groups in total.